The van der Waals surface area contributed by atoms with Crippen LogP contribution in [0.2, 0.25) is 0 Å². The first-order chi connectivity index (χ1) is 23.9. The Morgan fingerprint density at radius 2 is 1.16 bits per heavy atom. The Kier molecular flexibility index (Phi) is 9.91. The molecule has 0 fully saturated rings. The molecule has 8 aromatic rings. The van der Waals surface area contributed by atoms with E-state index in [-0.39, 0.29) is 0 Å². The fraction of sp³-hybridized carbons (Fsp3) is 0.114. The smallest absolute Gasteiger partial charge is 0.238 e. The molecule has 3 aromatic heterocycles. The first-order valence-corrected chi connectivity index (χ1v) is 16.5. The number of allylic oxidation sites excluding steroid dienone is 2. The van der Waals surface area contributed by atoms with Crippen molar-refractivity contribution in [2.45, 2.75) is 34.6 Å². The van der Waals surface area contributed by atoms with E-state index < -0.39 is 0 Å². The molecule has 5 aromatic carbocycles. The minimum Gasteiger partial charge on any atom is -0.456 e. The molecule has 242 valence electrons. The Hall–Kier alpha value is -6.07. The molecule has 0 N–H and O–H groups in total. The largest absolute Gasteiger partial charge is 0.456 e. The van der Waals surface area contributed by atoms with Crippen LogP contribution in [0.3, 0.4) is 0 Å². The van der Waals surface area contributed by atoms with Gasteiger partial charge >= 0.3 is 0 Å². The zero-order chi connectivity index (χ0) is 34.3. The minimum atomic E-state index is 0.620. The lowest BCUT2D eigenvalue weighted by atomic mass is 10.1. The van der Waals surface area contributed by atoms with Crippen molar-refractivity contribution in [3.05, 3.63) is 162 Å². The Balaban J connectivity index is 0.000000202. The Bertz CT molecular complexity index is 2340. The van der Waals surface area contributed by atoms with E-state index in [4.69, 9.17) is 19.4 Å². The number of aromatic nitrogens is 4. The van der Waals surface area contributed by atoms with Crippen LogP contribution in [0, 0.1) is 20.8 Å². The van der Waals surface area contributed by atoms with E-state index in [9.17, 15) is 0 Å². The van der Waals surface area contributed by atoms with Gasteiger partial charge in [0.05, 0.1) is 11.2 Å². The van der Waals surface area contributed by atoms with E-state index in [1.54, 1.807) is 6.08 Å². The van der Waals surface area contributed by atoms with E-state index in [0.717, 1.165) is 33.5 Å². The molecular formula is C44H40N4O. The maximum absolute atomic E-state index is 5.78. The highest BCUT2D eigenvalue weighted by molar-refractivity contribution is 6.05. The second kappa shape index (κ2) is 14.8. The van der Waals surface area contributed by atoms with Gasteiger partial charge in [0, 0.05) is 27.3 Å². The highest BCUT2D eigenvalue weighted by Crippen LogP contribution is 2.33. The Morgan fingerprint density at radius 1 is 0.612 bits per heavy atom. The van der Waals surface area contributed by atoms with Crippen LogP contribution in [-0.2, 0) is 0 Å². The number of rotatable bonds is 4. The van der Waals surface area contributed by atoms with E-state index in [1.807, 2.05) is 92.7 Å². The quantitative estimate of drug-likeness (QED) is 0.180. The van der Waals surface area contributed by atoms with Crippen molar-refractivity contribution in [3.8, 4) is 28.7 Å². The molecule has 0 saturated heterocycles. The topological polar surface area (TPSA) is 56.7 Å². The minimum absolute atomic E-state index is 0.620. The summed E-state index contributed by atoms with van der Waals surface area (Å²) in [6.45, 7) is 13.7. The molecule has 0 aliphatic heterocycles. The summed E-state index contributed by atoms with van der Waals surface area (Å²) >= 11 is 0. The van der Waals surface area contributed by atoms with Gasteiger partial charge < -0.3 is 4.42 Å². The highest BCUT2D eigenvalue weighted by Gasteiger charge is 2.19. The van der Waals surface area contributed by atoms with Gasteiger partial charge in [-0.15, -0.1) is 6.58 Å². The molecule has 5 nitrogen and oxygen atoms in total. The van der Waals surface area contributed by atoms with Crippen LogP contribution in [0.5, 0.6) is 0 Å². The van der Waals surface area contributed by atoms with Gasteiger partial charge in [-0.2, -0.15) is 9.97 Å². The van der Waals surface area contributed by atoms with Gasteiger partial charge in [-0.05, 0) is 69.5 Å². The first kappa shape index (κ1) is 32.9. The van der Waals surface area contributed by atoms with Crippen LogP contribution in [-0.4, -0.2) is 19.5 Å². The second-order valence-electron chi connectivity index (χ2n) is 11.8. The normalized spacial score (nSPS) is 11.0. The molecular weight excluding hydrogens is 601 g/mol. The average Bonchev–Trinajstić information content (AvgIpc) is 3.66. The molecule has 0 bridgehead atoms. The van der Waals surface area contributed by atoms with Gasteiger partial charge in [0.1, 0.15) is 11.2 Å². The van der Waals surface area contributed by atoms with Crippen molar-refractivity contribution >= 4 is 38.9 Å². The molecule has 49 heavy (non-hydrogen) atoms. The van der Waals surface area contributed by atoms with Crippen molar-refractivity contribution in [1.29, 1.82) is 0 Å². The third-order valence-corrected chi connectivity index (χ3v) is 8.31. The molecule has 0 radical (unpaired) electrons. The molecule has 0 unspecified atom stereocenters. The lowest BCUT2D eigenvalue weighted by molar-refractivity contribution is 0.666. The summed E-state index contributed by atoms with van der Waals surface area (Å²) in [6.07, 6.45) is 5.94. The molecule has 0 atom stereocenters. The molecule has 0 amide bonds. The first-order valence-electron chi connectivity index (χ1n) is 16.5. The number of hydrogen-bond acceptors (Lipinski definition) is 4. The van der Waals surface area contributed by atoms with Crippen LogP contribution in [0.25, 0.3) is 67.6 Å². The summed E-state index contributed by atoms with van der Waals surface area (Å²) in [5.41, 5.74) is 9.74. The molecule has 3 heterocycles. The van der Waals surface area contributed by atoms with Crippen LogP contribution in [0.15, 0.2) is 144 Å². The fourth-order valence-corrected chi connectivity index (χ4v) is 6.11. The van der Waals surface area contributed by atoms with Crippen molar-refractivity contribution in [1.82, 2.24) is 19.5 Å². The van der Waals surface area contributed by atoms with E-state index >= 15 is 0 Å². The van der Waals surface area contributed by atoms with E-state index in [2.05, 4.69) is 86.5 Å². The number of fused-ring (bicyclic) bond motifs is 4. The summed E-state index contributed by atoms with van der Waals surface area (Å²) in [6, 6.07) is 40.9. The summed E-state index contributed by atoms with van der Waals surface area (Å²) < 4.78 is 7.93. The summed E-state index contributed by atoms with van der Waals surface area (Å²) in [5, 5.41) is 3.65. The molecule has 0 spiro atoms. The second-order valence-corrected chi connectivity index (χ2v) is 11.8. The SMILES string of the molecule is C/C=C\c1c(C)c2c(C)cccc2n1-c1nc(-c2ccccc2)nc(-c2ccccc2)n1.C=CC.Cc1cccc2c1oc1ccccc12. The molecule has 0 aliphatic carbocycles. The lowest BCUT2D eigenvalue weighted by Crippen LogP contribution is -2.07. The fourth-order valence-electron chi connectivity index (χ4n) is 6.11. The summed E-state index contributed by atoms with van der Waals surface area (Å²) in [7, 11) is 0. The summed E-state index contributed by atoms with van der Waals surface area (Å²) in [4.78, 5) is 14.7. The maximum atomic E-state index is 5.78. The number of benzene rings is 5. The van der Waals surface area contributed by atoms with Crippen molar-refractivity contribution in [2.75, 3.05) is 0 Å². The van der Waals surface area contributed by atoms with E-state index in [0.29, 0.717) is 17.6 Å². The Labute approximate surface area is 287 Å². The molecule has 0 saturated carbocycles. The number of hydrogen-bond donors (Lipinski definition) is 0. The van der Waals surface area contributed by atoms with E-state index in [1.165, 1.54) is 32.8 Å². The van der Waals surface area contributed by atoms with Crippen LogP contribution in [0.4, 0.5) is 0 Å². The number of aryl methyl sites for hydroxylation is 3. The average molecular weight is 641 g/mol. The number of nitrogens with zero attached hydrogens (tertiary/aromatic N) is 4. The van der Waals surface area contributed by atoms with Gasteiger partial charge in [0.2, 0.25) is 5.95 Å². The third-order valence-electron chi connectivity index (χ3n) is 8.31. The number of furan rings is 1. The van der Waals surface area contributed by atoms with Crippen LogP contribution < -0.4 is 0 Å². The summed E-state index contributed by atoms with van der Waals surface area (Å²) in [5.74, 6) is 1.94. The zero-order valence-corrected chi connectivity index (χ0v) is 28.7. The van der Waals surface area contributed by atoms with Gasteiger partial charge in [-0.25, -0.2) is 4.98 Å². The maximum Gasteiger partial charge on any atom is 0.238 e. The molecule has 8 rings (SSSR count). The monoisotopic (exact) mass is 640 g/mol. The predicted octanol–water partition coefficient (Wildman–Crippen LogP) is 11.9. The van der Waals surface area contributed by atoms with Gasteiger partial charge in [-0.1, -0.05) is 121 Å². The molecule has 5 heteroatoms. The van der Waals surface area contributed by atoms with Crippen molar-refractivity contribution in [2.24, 2.45) is 0 Å². The zero-order valence-electron chi connectivity index (χ0n) is 28.7. The van der Waals surface area contributed by atoms with Crippen LogP contribution >= 0.6 is 0 Å². The number of para-hydroxylation sites is 2. The van der Waals surface area contributed by atoms with Gasteiger partial charge in [0.15, 0.2) is 11.6 Å². The van der Waals surface area contributed by atoms with Crippen molar-refractivity contribution in [3.63, 3.8) is 0 Å². The predicted molar refractivity (Wildman–Crippen MR) is 206 cm³/mol. The van der Waals surface area contributed by atoms with Gasteiger partial charge in [-0.3, -0.25) is 4.57 Å². The third kappa shape index (κ3) is 6.69. The van der Waals surface area contributed by atoms with Crippen LogP contribution in [0.1, 0.15) is 36.2 Å². The standard InChI is InChI=1S/C28H24N4.C13H10O.C3H6/c1-4-12-23-20(3)25-19(2)13-11-18-24(25)32(23)28-30-26(21-14-7-5-8-15-21)29-27(31-28)22-16-9-6-10-17-22;1-9-5-4-7-11-10-6-2-3-8-12(10)14-13(9)11;1-3-2/h4-18H,1-3H3;2-8H,1H3;3H,1H2,2H3/b12-4-;;. The Morgan fingerprint density at radius 3 is 1.80 bits per heavy atom. The highest BCUT2D eigenvalue weighted by atomic mass is 16.3. The van der Waals surface area contributed by atoms with Crippen molar-refractivity contribution < 1.29 is 4.42 Å². The van der Waals surface area contributed by atoms with Gasteiger partial charge in [0.25, 0.3) is 0 Å². The lowest BCUT2D eigenvalue weighted by Gasteiger charge is -2.11. The molecule has 0 aliphatic rings.